The Kier molecular flexibility index (Phi) is 3.72. The Labute approximate surface area is 104 Å². The maximum atomic E-state index is 5.35. The molecule has 1 aliphatic rings. The Morgan fingerprint density at radius 3 is 2.88 bits per heavy atom. The van der Waals surface area contributed by atoms with Crippen LogP contribution in [0, 0.1) is 5.92 Å². The van der Waals surface area contributed by atoms with Crippen LogP contribution in [0.5, 0.6) is 5.75 Å². The fraction of sp³-hybridized carbons (Fsp3) is 0.600. The lowest BCUT2D eigenvalue weighted by molar-refractivity contribution is 0.302. The number of nitrogens with one attached hydrogen (secondary N) is 1. The largest absolute Gasteiger partial charge is 0.497 e. The van der Waals surface area contributed by atoms with Crippen LogP contribution in [0.2, 0.25) is 0 Å². The number of ether oxygens (including phenoxy) is 1. The normalized spacial score (nSPS) is 25.8. The van der Waals surface area contributed by atoms with Gasteiger partial charge in [-0.15, -0.1) is 0 Å². The van der Waals surface area contributed by atoms with Crippen molar-refractivity contribution in [1.82, 2.24) is 5.32 Å². The van der Waals surface area contributed by atoms with Crippen LogP contribution in [0.25, 0.3) is 0 Å². The van der Waals surface area contributed by atoms with Gasteiger partial charge in [0.05, 0.1) is 7.11 Å². The molecule has 0 amide bonds. The molecule has 0 bridgehead atoms. The van der Waals surface area contributed by atoms with E-state index in [1.165, 1.54) is 18.4 Å². The number of hydrogen-bond acceptors (Lipinski definition) is 2. The minimum Gasteiger partial charge on any atom is -0.497 e. The third-order valence-electron chi connectivity index (χ3n) is 4.39. The zero-order chi connectivity index (χ0) is 12.3. The van der Waals surface area contributed by atoms with E-state index in [-0.39, 0.29) is 0 Å². The van der Waals surface area contributed by atoms with Gasteiger partial charge in [-0.3, -0.25) is 0 Å². The van der Waals surface area contributed by atoms with Gasteiger partial charge >= 0.3 is 0 Å². The first-order valence-corrected chi connectivity index (χ1v) is 6.58. The quantitative estimate of drug-likeness (QED) is 0.863. The lowest BCUT2D eigenvalue weighted by atomic mass is 9.69. The summed E-state index contributed by atoms with van der Waals surface area (Å²) in [5.41, 5.74) is 1.72. The predicted molar refractivity (Wildman–Crippen MR) is 71.6 cm³/mol. The lowest BCUT2D eigenvalue weighted by Crippen LogP contribution is -2.35. The van der Waals surface area contributed by atoms with Crippen LogP contribution in [-0.2, 0) is 5.41 Å². The summed E-state index contributed by atoms with van der Waals surface area (Å²) >= 11 is 0. The molecule has 2 atom stereocenters. The molecular formula is C15H23NO. The predicted octanol–water partition coefficient (Wildman–Crippen LogP) is 2.97. The molecule has 1 aromatic carbocycles. The molecule has 1 aliphatic heterocycles. The molecule has 0 saturated carbocycles. The molecule has 0 aromatic heterocycles. The topological polar surface area (TPSA) is 21.3 Å². The molecule has 0 spiro atoms. The number of benzene rings is 1. The van der Waals surface area contributed by atoms with Gasteiger partial charge in [0.15, 0.2) is 0 Å². The fourth-order valence-electron chi connectivity index (χ4n) is 2.99. The van der Waals surface area contributed by atoms with Crippen molar-refractivity contribution in [3.8, 4) is 5.75 Å². The van der Waals surface area contributed by atoms with Gasteiger partial charge in [0, 0.05) is 12.0 Å². The van der Waals surface area contributed by atoms with E-state index in [1.54, 1.807) is 7.11 Å². The van der Waals surface area contributed by atoms with Gasteiger partial charge < -0.3 is 10.1 Å². The number of methoxy groups -OCH3 is 1. The molecular weight excluding hydrogens is 210 g/mol. The Morgan fingerprint density at radius 2 is 2.29 bits per heavy atom. The number of hydrogen-bond donors (Lipinski definition) is 1. The first-order chi connectivity index (χ1) is 8.23. The molecule has 17 heavy (non-hydrogen) atoms. The van der Waals surface area contributed by atoms with E-state index in [0.29, 0.717) is 11.3 Å². The maximum Gasteiger partial charge on any atom is 0.119 e. The molecule has 0 unspecified atom stereocenters. The molecule has 2 nitrogen and oxygen atoms in total. The summed E-state index contributed by atoms with van der Waals surface area (Å²) < 4.78 is 5.35. The molecule has 1 saturated heterocycles. The van der Waals surface area contributed by atoms with E-state index in [0.717, 1.165) is 18.8 Å². The van der Waals surface area contributed by atoms with Crippen LogP contribution in [0.3, 0.4) is 0 Å². The first-order valence-electron chi connectivity index (χ1n) is 6.58. The summed E-state index contributed by atoms with van der Waals surface area (Å²) in [6.07, 6.45) is 2.45. The summed E-state index contributed by atoms with van der Waals surface area (Å²) in [5.74, 6) is 1.67. The molecule has 2 heteroatoms. The van der Waals surface area contributed by atoms with E-state index < -0.39 is 0 Å². The first kappa shape index (κ1) is 12.4. The monoisotopic (exact) mass is 233 g/mol. The highest BCUT2D eigenvalue weighted by Crippen LogP contribution is 2.40. The minimum absolute atomic E-state index is 0.295. The third-order valence-corrected chi connectivity index (χ3v) is 4.39. The van der Waals surface area contributed by atoms with Crippen molar-refractivity contribution < 1.29 is 4.74 Å². The molecule has 1 fully saturated rings. The van der Waals surface area contributed by atoms with Gasteiger partial charge in [-0.05, 0) is 36.6 Å². The van der Waals surface area contributed by atoms with Crippen molar-refractivity contribution >= 4 is 0 Å². The highest BCUT2D eigenvalue weighted by Gasteiger charge is 2.39. The molecule has 1 N–H and O–H groups in total. The molecule has 1 aromatic rings. The number of rotatable bonds is 4. The SMILES string of the molecule is CC[C@@H](C)[C@]1(c2cccc(OC)c2)CCNC1. The highest BCUT2D eigenvalue weighted by molar-refractivity contribution is 5.35. The van der Waals surface area contributed by atoms with Crippen LogP contribution in [0.15, 0.2) is 24.3 Å². The van der Waals surface area contributed by atoms with Crippen LogP contribution in [0.4, 0.5) is 0 Å². The summed E-state index contributed by atoms with van der Waals surface area (Å²) in [5, 5.41) is 3.52. The van der Waals surface area contributed by atoms with Gasteiger partial charge in [-0.2, -0.15) is 0 Å². The zero-order valence-electron chi connectivity index (χ0n) is 11.1. The van der Waals surface area contributed by atoms with Crippen molar-refractivity contribution in [2.24, 2.45) is 5.92 Å². The Morgan fingerprint density at radius 1 is 1.47 bits per heavy atom. The summed E-state index contributed by atoms with van der Waals surface area (Å²) in [6, 6.07) is 8.59. The van der Waals surface area contributed by atoms with Crippen LogP contribution < -0.4 is 10.1 Å². The van der Waals surface area contributed by atoms with E-state index >= 15 is 0 Å². The van der Waals surface area contributed by atoms with Gasteiger partial charge in [0.1, 0.15) is 5.75 Å². The zero-order valence-corrected chi connectivity index (χ0v) is 11.1. The average Bonchev–Trinajstić information content (AvgIpc) is 2.88. The third kappa shape index (κ3) is 2.19. The van der Waals surface area contributed by atoms with Crippen molar-refractivity contribution in [3.63, 3.8) is 0 Å². The molecule has 0 aliphatic carbocycles. The molecule has 94 valence electrons. The highest BCUT2D eigenvalue weighted by atomic mass is 16.5. The van der Waals surface area contributed by atoms with Crippen molar-refractivity contribution in [2.75, 3.05) is 20.2 Å². The Hall–Kier alpha value is -1.02. The van der Waals surface area contributed by atoms with Crippen molar-refractivity contribution in [2.45, 2.75) is 32.1 Å². The van der Waals surface area contributed by atoms with Gasteiger partial charge in [0.25, 0.3) is 0 Å². The lowest BCUT2D eigenvalue weighted by Gasteiger charge is -2.35. The summed E-state index contributed by atoms with van der Waals surface area (Å²) in [7, 11) is 1.74. The van der Waals surface area contributed by atoms with E-state index in [9.17, 15) is 0 Å². The standard InChI is InChI=1S/C15H23NO/c1-4-12(2)15(8-9-16-11-15)13-6-5-7-14(10-13)17-3/h5-7,10,12,16H,4,8-9,11H2,1-3H3/t12-,15+/m1/s1. The summed E-state index contributed by atoms with van der Waals surface area (Å²) in [6.45, 7) is 6.87. The second-order valence-corrected chi connectivity index (χ2v) is 5.12. The average molecular weight is 233 g/mol. The Bertz CT molecular complexity index is 369. The van der Waals surface area contributed by atoms with Crippen LogP contribution in [0.1, 0.15) is 32.3 Å². The van der Waals surface area contributed by atoms with Crippen molar-refractivity contribution in [3.05, 3.63) is 29.8 Å². The minimum atomic E-state index is 0.295. The second kappa shape index (κ2) is 5.09. The van der Waals surface area contributed by atoms with Gasteiger partial charge in [-0.1, -0.05) is 32.4 Å². The van der Waals surface area contributed by atoms with Gasteiger partial charge in [0.2, 0.25) is 0 Å². The van der Waals surface area contributed by atoms with Crippen molar-refractivity contribution in [1.29, 1.82) is 0 Å². The fourth-order valence-corrected chi connectivity index (χ4v) is 2.99. The molecule has 1 heterocycles. The summed E-state index contributed by atoms with van der Waals surface area (Å²) in [4.78, 5) is 0. The van der Waals surface area contributed by atoms with E-state index in [1.807, 2.05) is 6.07 Å². The second-order valence-electron chi connectivity index (χ2n) is 5.12. The maximum absolute atomic E-state index is 5.35. The van der Waals surface area contributed by atoms with E-state index in [2.05, 4.69) is 37.4 Å². The van der Waals surface area contributed by atoms with Crippen LogP contribution in [-0.4, -0.2) is 20.2 Å². The molecule has 0 radical (unpaired) electrons. The Balaban J connectivity index is 2.38. The van der Waals surface area contributed by atoms with Crippen LogP contribution >= 0.6 is 0 Å². The van der Waals surface area contributed by atoms with Gasteiger partial charge in [-0.25, -0.2) is 0 Å². The van der Waals surface area contributed by atoms with E-state index in [4.69, 9.17) is 4.74 Å². The smallest absolute Gasteiger partial charge is 0.119 e. The molecule has 2 rings (SSSR count).